The van der Waals surface area contributed by atoms with Gasteiger partial charge in [0.2, 0.25) is 5.75 Å². The topological polar surface area (TPSA) is 126 Å². The highest BCUT2D eigenvalue weighted by molar-refractivity contribution is 5.97. The Hall–Kier alpha value is -3.82. The number of amides is 1. The number of carbonyl (C=O) groups excluding carboxylic acids is 2. The van der Waals surface area contributed by atoms with Crippen molar-refractivity contribution in [2.24, 2.45) is 0 Å². The molecule has 10 nitrogen and oxygen atoms in total. The first-order valence-electron chi connectivity index (χ1n) is 8.37. The molecule has 0 aliphatic carbocycles. The number of nitrogens with zero attached hydrogens (tertiary/aromatic N) is 1. The van der Waals surface area contributed by atoms with Gasteiger partial charge in [-0.1, -0.05) is 0 Å². The van der Waals surface area contributed by atoms with E-state index in [2.05, 4.69) is 5.32 Å². The van der Waals surface area contributed by atoms with Gasteiger partial charge in [-0.3, -0.25) is 14.9 Å². The number of benzene rings is 2. The standard InChI is InChI=1S/C19H20N2O8/c1-11(18(22)20-13-5-7-14(8-6-13)21(24)25)29-19(23)12-9-15(26-2)17(28-4)16(10-12)27-3/h5-11H,1-4H3,(H,20,22)/t11-/m1/s1. The second-order valence-electron chi connectivity index (χ2n) is 5.75. The number of carbonyl (C=O) groups is 2. The van der Waals surface area contributed by atoms with Crippen LogP contribution < -0.4 is 19.5 Å². The molecule has 0 bridgehead atoms. The molecule has 154 valence electrons. The molecule has 0 saturated carbocycles. The highest BCUT2D eigenvalue weighted by Gasteiger charge is 2.22. The lowest BCUT2D eigenvalue weighted by Crippen LogP contribution is -2.30. The molecule has 0 aliphatic rings. The second kappa shape index (κ2) is 9.40. The van der Waals surface area contributed by atoms with Gasteiger partial charge in [0.25, 0.3) is 11.6 Å². The first-order valence-corrected chi connectivity index (χ1v) is 8.37. The largest absolute Gasteiger partial charge is 0.493 e. The smallest absolute Gasteiger partial charge is 0.339 e. The van der Waals surface area contributed by atoms with Gasteiger partial charge in [0.05, 0.1) is 31.8 Å². The highest BCUT2D eigenvalue weighted by Crippen LogP contribution is 2.38. The Bertz CT molecular complexity index is 886. The molecule has 0 saturated heterocycles. The molecule has 0 unspecified atom stereocenters. The summed E-state index contributed by atoms with van der Waals surface area (Å²) in [6.07, 6.45) is -1.13. The summed E-state index contributed by atoms with van der Waals surface area (Å²) in [5.74, 6) is -0.519. The van der Waals surface area contributed by atoms with E-state index in [0.717, 1.165) is 0 Å². The molecule has 1 amide bonds. The van der Waals surface area contributed by atoms with Crippen LogP contribution in [0.1, 0.15) is 17.3 Å². The number of non-ortho nitro benzene ring substituents is 1. The van der Waals surface area contributed by atoms with Gasteiger partial charge in [-0.25, -0.2) is 4.79 Å². The summed E-state index contributed by atoms with van der Waals surface area (Å²) in [4.78, 5) is 34.8. The molecule has 2 rings (SSSR count). The van der Waals surface area contributed by atoms with Crippen LogP contribution >= 0.6 is 0 Å². The van der Waals surface area contributed by atoms with E-state index < -0.39 is 22.9 Å². The summed E-state index contributed by atoms with van der Waals surface area (Å²) in [5, 5.41) is 13.2. The minimum absolute atomic E-state index is 0.106. The Morgan fingerprint density at radius 2 is 1.55 bits per heavy atom. The quantitative estimate of drug-likeness (QED) is 0.404. The fourth-order valence-electron chi connectivity index (χ4n) is 2.39. The number of hydrogen-bond acceptors (Lipinski definition) is 8. The highest BCUT2D eigenvalue weighted by atomic mass is 16.6. The average Bonchev–Trinajstić information content (AvgIpc) is 2.72. The van der Waals surface area contributed by atoms with E-state index in [0.29, 0.717) is 11.4 Å². The van der Waals surface area contributed by atoms with E-state index in [9.17, 15) is 19.7 Å². The minimum Gasteiger partial charge on any atom is -0.493 e. The molecular formula is C19H20N2O8. The minimum atomic E-state index is -1.13. The van der Waals surface area contributed by atoms with Gasteiger partial charge in [-0.15, -0.1) is 0 Å². The number of rotatable bonds is 8. The van der Waals surface area contributed by atoms with Crippen molar-refractivity contribution in [2.75, 3.05) is 26.6 Å². The van der Waals surface area contributed by atoms with Crippen LogP contribution in [0.15, 0.2) is 36.4 Å². The molecular weight excluding hydrogens is 384 g/mol. The van der Waals surface area contributed by atoms with E-state index in [1.165, 1.54) is 64.7 Å². The summed E-state index contributed by atoms with van der Waals surface area (Å²) in [5.41, 5.74) is 0.329. The summed E-state index contributed by atoms with van der Waals surface area (Å²) in [6.45, 7) is 1.40. The van der Waals surface area contributed by atoms with Crippen LogP contribution in [-0.2, 0) is 9.53 Å². The van der Waals surface area contributed by atoms with Crippen molar-refractivity contribution in [3.63, 3.8) is 0 Å². The molecule has 0 aliphatic heterocycles. The number of esters is 1. The maximum atomic E-state index is 12.4. The van der Waals surface area contributed by atoms with Crippen LogP contribution in [0.2, 0.25) is 0 Å². The van der Waals surface area contributed by atoms with Gasteiger partial charge in [0.15, 0.2) is 17.6 Å². The molecule has 0 fully saturated rings. The number of ether oxygens (including phenoxy) is 4. The van der Waals surface area contributed by atoms with Crippen molar-refractivity contribution < 1.29 is 33.5 Å². The molecule has 0 spiro atoms. The lowest BCUT2D eigenvalue weighted by Gasteiger charge is -2.16. The van der Waals surface area contributed by atoms with Gasteiger partial charge >= 0.3 is 5.97 Å². The Morgan fingerprint density at radius 3 is 2.00 bits per heavy atom. The van der Waals surface area contributed by atoms with Crippen LogP contribution in [-0.4, -0.2) is 44.2 Å². The lowest BCUT2D eigenvalue weighted by atomic mass is 10.2. The van der Waals surface area contributed by atoms with E-state index in [4.69, 9.17) is 18.9 Å². The summed E-state index contributed by atoms with van der Waals surface area (Å²) < 4.78 is 20.8. The van der Waals surface area contributed by atoms with Crippen molar-refractivity contribution in [3.8, 4) is 17.2 Å². The molecule has 1 atom stereocenters. The lowest BCUT2D eigenvalue weighted by molar-refractivity contribution is -0.384. The van der Waals surface area contributed by atoms with Crippen LogP contribution in [0.25, 0.3) is 0 Å². The first-order chi connectivity index (χ1) is 13.8. The van der Waals surface area contributed by atoms with Crippen LogP contribution in [0.3, 0.4) is 0 Å². The number of nitro groups is 1. The number of nitrogens with one attached hydrogen (secondary N) is 1. The molecule has 29 heavy (non-hydrogen) atoms. The zero-order valence-electron chi connectivity index (χ0n) is 16.3. The summed E-state index contributed by atoms with van der Waals surface area (Å²) in [7, 11) is 4.25. The molecule has 1 N–H and O–H groups in total. The zero-order valence-corrected chi connectivity index (χ0v) is 16.3. The maximum absolute atomic E-state index is 12.4. The van der Waals surface area contributed by atoms with Crippen LogP contribution in [0, 0.1) is 10.1 Å². The van der Waals surface area contributed by atoms with Crippen LogP contribution in [0.5, 0.6) is 17.2 Å². The number of anilines is 1. The fraction of sp³-hybridized carbons (Fsp3) is 0.263. The monoisotopic (exact) mass is 404 g/mol. The Kier molecular flexibility index (Phi) is 6.96. The van der Waals surface area contributed by atoms with E-state index in [1.807, 2.05) is 0 Å². The second-order valence-corrected chi connectivity index (χ2v) is 5.75. The summed E-state index contributed by atoms with van der Waals surface area (Å²) in [6, 6.07) is 8.08. The van der Waals surface area contributed by atoms with Crippen molar-refractivity contribution in [1.82, 2.24) is 0 Å². The number of nitro benzene ring substituents is 1. The fourth-order valence-corrected chi connectivity index (χ4v) is 2.39. The molecule has 0 heterocycles. The van der Waals surface area contributed by atoms with Gasteiger partial charge in [0.1, 0.15) is 0 Å². The van der Waals surface area contributed by atoms with E-state index in [-0.39, 0.29) is 22.7 Å². The SMILES string of the molecule is COc1cc(C(=O)O[C@H](C)C(=O)Nc2ccc([N+](=O)[O-])cc2)cc(OC)c1OC. The van der Waals surface area contributed by atoms with E-state index >= 15 is 0 Å². The predicted octanol–water partition coefficient (Wildman–Crippen LogP) is 2.80. The maximum Gasteiger partial charge on any atom is 0.339 e. The molecule has 2 aromatic rings. The van der Waals surface area contributed by atoms with Gasteiger partial charge < -0.3 is 24.3 Å². The average molecular weight is 404 g/mol. The summed E-state index contributed by atoms with van der Waals surface area (Å²) >= 11 is 0. The van der Waals surface area contributed by atoms with Crippen molar-refractivity contribution in [2.45, 2.75) is 13.0 Å². The van der Waals surface area contributed by atoms with E-state index in [1.54, 1.807) is 0 Å². The van der Waals surface area contributed by atoms with Gasteiger partial charge in [-0.05, 0) is 31.2 Å². The first kappa shape index (κ1) is 21.5. The third-order valence-corrected chi connectivity index (χ3v) is 3.90. The van der Waals surface area contributed by atoms with Crippen molar-refractivity contribution in [3.05, 3.63) is 52.1 Å². The van der Waals surface area contributed by atoms with Crippen LogP contribution in [0.4, 0.5) is 11.4 Å². The van der Waals surface area contributed by atoms with Gasteiger partial charge in [0, 0.05) is 17.8 Å². The molecule has 2 aromatic carbocycles. The molecule has 10 heteroatoms. The predicted molar refractivity (Wildman–Crippen MR) is 103 cm³/mol. The molecule has 0 aromatic heterocycles. The third kappa shape index (κ3) is 5.12. The van der Waals surface area contributed by atoms with Crippen molar-refractivity contribution in [1.29, 1.82) is 0 Å². The number of methoxy groups -OCH3 is 3. The Balaban J connectivity index is 2.09. The number of hydrogen-bond donors (Lipinski definition) is 1. The van der Waals surface area contributed by atoms with Gasteiger partial charge in [-0.2, -0.15) is 0 Å². The molecule has 0 radical (unpaired) electrons. The normalized spacial score (nSPS) is 11.2. The Morgan fingerprint density at radius 1 is 1.00 bits per heavy atom. The van der Waals surface area contributed by atoms with Crippen molar-refractivity contribution >= 4 is 23.3 Å². The third-order valence-electron chi connectivity index (χ3n) is 3.90. The zero-order chi connectivity index (χ0) is 21.6. The Labute approximate surface area is 166 Å².